The third-order valence-electron chi connectivity index (χ3n) is 3.90. The van der Waals surface area contributed by atoms with Crippen molar-refractivity contribution >= 4 is 5.91 Å². The Morgan fingerprint density at radius 3 is 2.88 bits per heavy atom. The fourth-order valence-electron chi connectivity index (χ4n) is 2.80. The molecule has 4 nitrogen and oxygen atoms in total. The largest absolute Gasteiger partial charge is 0.379 e. The molecule has 2 unspecified atom stereocenters. The minimum absolute atomic E-state index is 0.0534. The summed E-state index contributed by atoms with van der Waals surface area (Å²) in [5, 5.41) is 6.46. The van der Waals surface area contributed by atoms with E-state index in [1.165, 1.54) is 0 Å². The average Bonchev–Trinajstić information content (AvgIpc) is 2.29. The Bertz CT molecular complexity index is 273. The molecule has 2 aliphatic heterocycles. The van der Waals surface area contributed by atoms with Gasteiger partial charge in [-0.05, 0) is 37.6 Å². The van der Waals surface area contributed by atoms with E-state index in [9.17, 15) is 4.79 Å². The van der Waals surface area contributed by atoms with Crippen molar-refractivity contribution in [2.75, 3.05) is 19.8 Å². The number of hydrogen-bond donors (Lipinski definition) is 2. The highest BCUT2D eigenvalue weighted by atomic mass is 16.5. The van der Waals surface area contributed by atoms with Crippen molar-refractivity contribution in [3.63, 3.8) is 0 Å². The van der Waals surface area contributed by atoms with E-state index in [0.29, 0.717) is 6.61 Å². The van der Waals surface area contributed by atoms with E-state index in [2.05, 4.69) is 24.5 Å². The van der Waals surface area contributed by atoms with E-state index in [-0.39, 0.29) is 23.4 Å². The summed E-state index contributed by atoms with van der Waals surface area (Å²) in [6, 6.07) is 0.147. The molecule has 2 N–H and O–H groups in total. The van der Waals surface area contributed by atoms with Crippen molar-refractivity contribution in [2.45, 2.75) is 51.6 Å². The summed E-state index contributed by atoms with van der Waals surface area (Å²) in [6.07, 6.45) is 4.36. The maximum absolute atomic E-state index is 12.3. The molecule has 0 spiro atoms. The van der Waals surface area contributed by atoms with Crippen LogP contribution in [0, 0.1) is 5.41 Å². The molecule has 4 heteroatoms. The lowest BCUT2D eigenvalue weighted by Crippen LogP contribution is -2.57. The second-order valence-electron chi connectivity index (χ2n) is 5.90. The lowest BCUT2D eigenvalue weighted by Gasteiger charge is -2.39. The van der Waals surface area contributed by atoms with Gasteiger partial charge < -0.3 is 15.4 Å². The van der Waals surface area contributed by atoms with Gasteiger partial charge in [0.05, 0.1) is 18.7 Å². The third-order valence-corrected chi connectivity index (χ3v) is 3.90. The molecule has 2 fully saturated rings. The molecule has 0 bridgehead atoms. The van der Waals surface area contributed by atoms with Crippen LogP contribution in [0.5, 0.6) is 0 Å². The predicted octanol–water partition coefficient (Wildman–Crippen LogP) is 1.06. The van der Waals surface area contributed by atoms with Crippen molar-refractivity contribution in [2.24, 2.45) is 5.41 Å². The third kappa shape index (κ3) is 3.19. The van der Waals surface area contributed by atoms with Crippen molar-refractivity contribution in [1.29, 1.82) is 0 Å². The fourth-order valence-corrected chi connectivity index (χ4v) is 2.80. The molecular weight excluding hydrogens is 216 g/mol. The highest BCUT2D eigenvalue weighted by Crippen LogP contribution is 2.30. The van der Waals surface area contributed by atoms with E-state index in [4.69, 9.17) is 4.74 Å². The number of nitrogens with one attached hydrogen (secondary N) is 2. The zero-order chi connectivity index (χ0) is 12.3. The normalized spacial score (nSPS) is 33.1. The van der Waals surface area contributed by atoms with Gasteiger partial charge in [-0.15, -0.1) is 0 Å². The fraction of sp³-hybridized carbons (Fsp3) is 0.923. The molecular formula is C13H24N2O2. The molecule has 2 saturated heterocycles. The highest BCUT2D eigenvalue weighted by Gasteiger charge is 2.37. The Labute approximate surface area is 103 Å². The van der Waals surface area contributed by atoms with Gasteiger partial charge >= 0.3 is 0 Å². The van der Waals surface area contributed by atoms with Crippen LogP contribution in [0.3, 0.4) is 0 Å². The molecule has 2 aliphatic rings. The second-order valence-corrected chi connectivity index (χ2v) is 5.90. The van der Waals surface area contributed by atoms with Crippen molar-refractivity contribution in [3.05, 3.63) is 0 Å². The Morgan fingerprint density at radius 2 is 2.24 bits per heavy atom. The monoisotopic (exact) mass is 240 g/mol. The summed E-state index contributed by atoms with van der Waals surface area (Å²) in [4.78, 5) is 12.3. The van der Waals surface area contributed by atoms with Gasteiger partial charge in [0.15, 0.2) is 0 Å². The van der Waals surface area contributed by atoms with Crippen molar-refractivity contribution in [1.82, 2.24) is 10.6 Å². The average molecular weight is 240 g/mol. The van der Waals surface area contributed by atoms with E-state index < -0.39 is 0 Å². The van der Waals surface area contributed by atoms with Crippen LogP contribution < -0.4 is 10.6 Å². The number of ether oxygens (including phenoxy) is 1. The number of carbonyl (C=O) groups excluding carboxylic acids is 1. The topological polar surface area (TPSA) is 50.4 Å². The van der Waals surface area contributed by atoms with Gasteiger partial charge in [-0.2, -0.15) is 0 Å². The summed E-state index contributed by atoms with van der Waals surface area (Å²) < 4.78 is 5.39. The highest BCUT2D eigenvalue weighted by molar-refractivity contribution is 5.83. The smallest absolute Gasteiger partial charge is 0.237 e. The summed E-state index contributed by atoms with van der Waals surface area (Å²) in [7, 11) is 0. The van der Waals surface area contributed by atoms with Crippen LogP contribution in [0.2, 0.25) is 0 Å². The molecule has 0 saturated carbocycles. The summed E-state index contributed by atoms with van der Waals surface area (Å²) in [5.41, 5.74) is 0.0534. The molecule has 17 heavy (non-hydrogen) atoms. The Hall–Kier alpha value is -0.610. The summed E-state index contributed by atoms with van der Waals surface area (Å²) in [5.74, 6) is 0.144. The lowest BCUT2D eigenvalue weighted by molar-refractivity contribution is -0.128. The number of hydrogen-bond acceptors (Lipinski definition) is 3. The standard InChI is InChI=1S/C13H24N2O2/c1-13(2)6-4-7-14-11(13)12(16)15-10-5-3-8-17-9-10/h10-11,14H,3-9H2,1-2H3,(H,15,16). The molecule has 0 aliphatic carbocycles. The number of amides is 1. The molecule has 0 radical (unpaired) electrons. The number of carbonyl (C=O) groups is 1. The van der Waals surface area contributed by atoms with Crippen LogP contribution in [-0.2, 0) is 9.53 Å². The van der Waals surface area contributed by atoms with Crippen LogP contribution in [0.15, 0.2) is 0 Å². The van der Waals surface area contributed by atoms with Gasteiger partial charge in [0, 0.05) is 6.61 Å². The van der Waals surface area contributed by atoms with E-state index in [0.717, 1.165) is 38.8 Å². The van der Waals surface area contributed by atoms with Gasteiger partial charge in [-0.3, -0.25) is 4.79 Å². The van der Waals surface area contributed by atoms with Crippen molar-refractivity contribution in [3.8, 4) is 0 Å². The zero-order valence-electron chi connectivity index (χ0n) is 10.9. The first-order valence-corrected chi connectivity index (χ1v) is 6.71. The Morgan fingerprint density at radius 1 is 1.41 bits per heavy atom. The zero-order valence-corrected chi connectivity index (χ0v) is 10.9. The van der Waals surface area contributed by atoms with Gasteiger partial charge in [0.1, 0.15) is 0 Å². The predicted molar refractivity (Wildman–Crippen MR) is 66.8 cm³/mol. The van der Waals surface area contributed by atoms with E-state index >= 15 is 0 Å². The van der Waals surface area contributed by atoms with E-state index in [1.807, 2.05) is 0 Å². The molecule has 1 amide bonds. The van der Waals surface area contributed by atoms with Crippen LogP contribution >= 0.6 is 0 Å². The Balaban J connectivity index is 1.89. The number of rotatable bonds is 2. The van der Waals surface area contributed by atoms with Crippen LogP contribution in [0.1, 0.15) is 39.5 Å². The minimum atomic E-state index is -0.0572. The van der Waals surface area contributed by atoms with Crippen LogP contribution in [-0.4, -0.2) is 37.7 Å². The molecule has 2 atom stereocenters. The molecule has 0 aromatic rings. The van der Waals surface area contributed by atoms with Gasteiger partial charge in [-0.1, -0.05) is 13.8 Å². The van der Waals surface area contributed by atoms with E-state index in [1.54, 1.807) is 0 Å². The summed E-state index contributed by atoms with van der Waals surface area (Å²) in [6.45, 7) is 6.78. The van der Waals surface area contributed by atoms with Gasteiger partial charge in [0.25, 0.3) is 0 Å². The molecule has 0 aromatic heterocycles. The van der Waals surface area contributed by atoms with Gasteiger partial charge in [0.2, 0.25) is 5.91 Å². The van der Waals surface area contributed by atoms with Gasteiger partial charge in [-0.25, -0.2) is 0 Å². The molecule has 98 valence electrons. The maximum atomic E-state index is 12.3. The first kappa shape index (κ1) is 12.8. The lowest BCUT2D eigenvalue weighted by atomic mass is 9.77. The SMILES string of the molecule is CC1(C)CCCNC1C(=O)NC1CCCOC1. The maximum Gasteiger partial charge on any atom is 0.237 e. The molecule has 2 rings (SSSR count). The first-order valence-electron chi connectivity index (χ1n) is 6.71. The second kappa shape index (κ2) is 5.36. The van der Waals surface area contributed by atoms with Crippen LogP contribution in [0.4, 0.5) is 0 Å². The first-order chi connectivity index (χ1) is 8.09. The minimum Gasteiger partial charge on any atom is -0.379 e. The number of piperidine rings is 1. The van der Waals surface area contributed by atoms with Crippen molar-refractivity contribution < 1.29 is 9.53 Å². The molecule has 2 heterocycles. The molecule has 0 aromatic carbocycles. The summed E-state index contributed by atoms with van der Waals surface area (Å²) >= 11 is 0. The quantitative estimate of drug-likeness (QED) is 0.759. The Kier molecular flexibility index (Phi) is 4.05. The van der Waals surface area contributed by atoms with Crippen LogP contribution in [0.25, 0.3) is 0 Å².